The molecule has 1 aromatic carbocycles. The Balaban J connectivity index is 1.40. The van der Waals surface area contributed by atoms with E-state index in [0.29, 0.717) is 12.5 Å². The molecule has 0 bridgehead atoms. The van der Waals surface area contributed by atoms with Gasteiger partial charge in [-0.15, -0.1) is 0 Å². The normalized spacial score (nSPS) is 20.2. The molecule has 3 N–H and O–H groups in total. The first-order chi connectivity index (χ1) is 12.2. The van der Waals surface area contributed by atoms with E-state index < -0.39 is 0 Å². The van der Waals surface area contributed by atoms with Crippen molar-refractivity contribution in [2.75, 3.05) is 6.61 Å². The Morgan fingerprint density at radius 1 is 1.16 bits per heavy atom. The van der Waals surface area contributed by atoms with Crippen molar-refractivity contribution >= 4 is 6.03 Å². The predicted molar refractivity (Wildman–Crippen MR) is 96.0 cm³/mol. The first kappa shape index (κ1) is 17.5. The molecule has 0 atom stereocenters. The largest absolute Gasteiger partial charge is 0.396 e. The lowest BCUT2D eigenvalue weighted by Crippen LogP contribution is -2.43. The molecule has 1 aliphatic carbocycles. The van der Waals surface area contributed by atoms with Crippen LogP contribution in [0.3, 0.4) is 0 Å². The first-order valence-corrected chi connectivity index (χ1v) is 8.91. The summed E-state index contributed by atoms with van der Waals surface area (Å²) in [4.78, 5) is 16.1. The van der Waals surface area contributed by atoms with Gasteiger partial charge in [0, 0.05) is 38.1 Å². The van der Waals surface area contributed by atoms with Crippen molar-refractivity contribution in [2.45, 2.75) is 44.8 Å². The van der Waals surface area contributed by atoms with Crippen molar-refractivity contribution in [1.82, 2.24) is 20.2 Å². The molecule has 2 amide bonds. The fourth-order valence-electron chi connectivity index (χ4n) is 3.26. The average Bonchev–Trinajstić information content (AvgIpc) is 3.15. The number of nitrogens with zero attached hydrogens (tertiary/aromatic N) is 2. The summed E-state index contributed by atoms with van der Waals surface area (Å²) in [7, 11) is 0. The van der Waals surface area contributed by atoms with E-state index in [9.17, 15) is 4.79 Å². The molecule has 25 heavy (non-hydrogen) atoms. The number of aliphatic hydroxyl groups excluding tert-OH is 1. The van der Waals surface area contributed by atoms with E-state index in [-0.39, 0.29) is 18.7 Å². The molecular weight excluding hydrogens is 316 g/mol. The number of aromatic nitrogens is 2. The topological polar surface area (TPSA) is 79.2 Å². The van der Waals surface area contributed by atoms with E-state index in [1.54, 1.807) is 12.5 Å². The van der Waals surface area contributed by atoms with Gasteiger partial charge < -0.3 is 20.3 Å². The first-order valence-electron chi connectivity index (χ1n) is 8.91. The fraction of sp³-hybridized carbons (Fsp3) is 0.474. The zero-order valence-electron chi connectivity index (χ0n) is 14.4. The second-order valence-electron chi connectivity index (χ2n) is 6.78. The molecule has 1 heterocycles. The van der Waals surface area contributed by atoms with Crippen LogP contribution in [0.1, 0.15) is 36.8 Å². The summed E-state index contributed by atoms with van der Waals surface area (Å²) in [6.45, 7) is 1.57. The summed E-state index contributed by atoms with van der Waals surface area (Å²) in [5.74, 6) is 0.405. The molecule has 134 valence electrons. The zero-order valence-corrected chi connectivity index (χ0v) is 14.4. The van der Waals surface area contributed by atoms with E-state index in [0.717, 1.165) is 37.8 Å². The fourth-order valence-corrected chi connectivity index (χ4v) is 3.26. The molecule has 1 fully saturated rings. The van der Waals surface area contributed by atoms with Gasteiger partial charge >= 0.3 is 6.03 Å². The van der Waals surface area contributed by atoms with Crippen molar-refractivity contribution in [3.05, 3.63) is 54.1 Å². The molecule has 0 aliphatic heterocycles. The van der Waals surface area contributed by atoms with Gasteiger partial charge in [-0.3, -0.25) is 0 Å². The third-order valence-corrected chi connectivity index (χ3v) is 4.84. The molecule has 3 rings (SSSR count). The number of benzene rings is 1. The summed E-state index contributed by atoms with van der Waals surface area (Å²) < 4.78 is 2.02. The monoisotopic (exact) mass is 342 g/mol. The van der Waals surface area contributed by atoms with E-state index in [4.69, 9.17) is 5.11 Å². The van der Waals surface area contributed by atoms with Crippen molar-refractivity contribution in [3.8, 4) is 0 Å². The molecule has 0 radical (unpaired) electrons. The van der Waals surface area contributed by atoms with Crippen LogP contribution < -0.4 is 10.6 Å². The highest BCUT2D eigenvalue weighted by Crippen LogP contribution is 2.23. The lowest BCUT2D eigenvalue weighted by Gasteiger charge is -2.27. The molecule has 6 nitrogen and oxygen atoms in total. The second-order valence-corrected chi connectivity index (χ2v) is 6.78. The van der Waals surface area contributed by atoms with Crippen LogP contribution in [-0.2, 0) is 13.1 Å². The molecule has 1 aliphatic rings. The maximum Gasteiger partial charge on any atom is 0.315 e. The summed E-state index contributed by atoms with van der Waals surface area (Å²) in [6.07, 6.45) is 9.37. The van der Waals surface area contributed by atoms with Gasteiger partial charge in [-0.05, 0) is 42.7 Å². The Hall–Kier alpha value is -2.34. The highest BCUT2D eigenvalue weighted by Gasteiger charge is 2.21. The molecule has 2 aromatic rings. The van der Waals surface area contributed by atoms with Gasteiger partial charge in [0.25, 0.3) is 0 Å². The number of urea groups is 1. The molecular formula is C19H26N4O2. The van der Waals surface area contributed by atoms with Crippen LogP contribution in [-0.4, -0.2) is 33.3 Å². The van der Waals surface area contributed by atoms with Crippen LogP contribution in [0.4, 0.5) is 4.79 Å². The Morgan fingerprint density at radius 3 is 2.52 bits per heavy atom. The van der Waals surface area contributed by atoms with Gasteiger partial charge in [0.1, 0.15) is 0 Å². The predicted octanol–water partition coefficient (Wildman–Crippen LogP) is 2.28. The molecule has 1 aromatic heterocycles. The van der Waals surface area contributed by atoms with Crippen LogP contribution in [0.5, 0.6) is 0 Å². The van der Waals surface area contributed by atoms with E-state index in [2.05, 4.69) is 27.8 Å². The quantitative estimate of drug-likeness (QED) is 0.753. The summed E-state index contributed by atoms with van der Waals surface area (Å²) >= 11 is 0. The number of aliphatic hydroxyl groups is 1. The van der Waals surface area contributed by atoms with Gasteiger partial charge in [0.15, 0.2) is 0 Å². The Kier molecular flexibility index (Phi) is 6.06. The summed E-state index contributed by atoms with van der Waals surface area (Å²) in [5.41, 5.74) is 2.28. The lowest BCUT2D eigenvalue weighted by atomic mass is 9.87. The van der Waals surface area contributed by atoms with Gasteiger partial charge in [-0.1, -0.05) is 24.3 Å². The van der Waals surface area contributed by atoms with E-state index in [1.165, 1.54) is 5.56 Å². The average molecular weight is 342 g/mol. The third-order valence-electron chi connectivity index (χ3n) is 4.84. The van der Waals surface area contributed by atoms with Crippen molar-refractivity contribution < 1.29 is 9.90 Å². The Labute approximate surface area is 148 Å². The van der Waals surface area contributed by atoms with Crippen molar-refractivity contribution in [3.63, 3.8) is 0 Å². The van der Waals surface area contributed by atoms with Crippen molar-refractivity contribution in [2.24, 2.45) is 5.92 Å². The standard InChI is InChI=1S/C19H26N4O2/c24-13-17-5-7-18(8-6-17)22-19(25)21-11-15-1-3-16(4-2-15)12-23-10-9-20-14-23/h1-4,9-10,14,17-18,24H,5-8,11-13H2,(H2,21,22,25). The summed E-state index contributed by atoms with van der Waals surface area (Å²) in [5, 5.41) is 15.1. The number of nitrogens with one attached hydrogen (secondary N) is 2. The summed E-state index contributed by atoms with van der Waals surface area (Å²) in [6, 6.07) is 8.34. The van der Waals surface area contributed by atoms with Crippen LogP contribution in [0.2, 0.25) is 0 Å². The third kappa shape index (κ3) is 5.32. The number of hydrogen-bond acceptors (Lipinski definition) is 3. The minimum atomic E-state index is -0.116. The molecule has 1 saturated carbocycles. The van der Waals surface area contributed by atoms with Crippen LogP contribution in [0, 0.1) is 5.92 Å². The smallest absolute Gasteiger partial charge is 0.315 e. The number of carbonyl (C=O) groups excluding carboxylic acids is 1. The van der Waals surface area contributed by atoms with Crippen molar-refractivity contribution in [1.29, 1.82) is 0 Å². The van der Waals surface area contributed by atoms with Crippen LogP contribution in [0.25, 0.3) is 0 Å². The number of imidazole rings is 1. The SMILES string of the molecule is O=C(NCc1ccc(Cn2ccnc2)cc1)NC1CCC(CO)CC1. The van der Waals surface area contributed by atoms with Gasteiger partial charge in [0.2, 0.25) is 0 Å². The molecule has 6 heteroatoms. The van der Waals surface area contributed by atoms with E-state index >= 15 is 0 Å². The number of rotatable bonds is 6. The Bertz CT molecular complexity index is 647. The second kappa shape index (κ2) is 8.67. The minimum Gasteiger partial charge on any atom is -0.396 e. The van der Waals surface area contributed by atoms with E-state index in [1.807, 2.05) is 22.9 Å². The number of hydrogen-bond donors (Lipinski definition) is 3. The molecule has 0 saturated heterocycles. The van der Waals surface area contributed by atoms with Crippen LogP contribution in [0.15, 0.2) is 43.0 Å². The highest BCUT2D eigenvalue weighted by molar-refractivity contribution is 5.74. The molecule has 0 spiro atoms. The van der Waals surface area contributed by atoms with Gasteiger partial charge in [-0.25, -0.2) is 9.78 Å². The lowest BCUT2D eigenvalue weighted by molar-refractivity contribution is 0.174. The van der Waals surface area contributed by atoms with Crippen LogP contribution >= 0.6 is 0 Å². The molecule has 0 unspecified atom stereocenters. The maximum absolute atomic E-state index is 12.0. The number of amides is 2. The Morgan fingerprint density at radius 2 is 1.88 bits per heavy atom. The van der Waals surface area contributed by atoms with Gasteiger partial charge in [-0.2, -0.15) is 0 Å². The minimum absolute atomic E-state index is 0.116. The highest BCUT2D eigenvalue weighted by atomic mass is 16.3. The zero-order chi connectivity index (χ0) is 17.5. The van der Waals surface area contributed by atoms with Gasteiger partial charge in [0.05, 0.1) is 6.33 Å². The number of carbonyl (C=O) groups is 1. The maximum atomic E-state index is 12.0.